The van der Waals surface area contributed by atoms with E-state index < -0.39 is 0 Å². The summed E-state index contributed by atoms with van der Waals surface area (Å²) < 4.78 is 0. The molecular weight excluding hydrogens is 262 g/mol. The topological polar surface area (TPSA) is 44.4 Å². The molecule has 21 heavy (non-hydrogen) atoms. The molecule has 2 rings (SSSR count). The number of rotatable bonds is 2. The summed E-state index contributed by atoms with van der Waals surface area (Å²) in [7, 11) is 0. The van der Waals surface area contributed by atoms with Gasteiger partial charge >= 0.3 is 0 Å². The number of carbonyl (C=O) groups is 1. The lowest BCUT2D eigenvalue weighted by Gasteiger charge is -2.39. The molecule has 0 radical (unpaired) electrons. The van der Waals surface area contributed by atoms with Gasteiger partial charge in [0.15, 0.2) is 0 Å². The average Bonchev–Trinajstić information content (AvgIpc) is 2.49. The van der Waals surface area contributed by atoms with Crippen molar-refractivity contribution in [1.29, 1.82) is 0 Å². The van der Waals surface area contributed by atoms with E-state index in [2.05, 4.69) is 34.6 Å². The molecule has 2 N–H and O–H groups in total. The van der Waals surface area contributed by atoms with Crippen molar-refractivity contribution in [2.24, 2.45) is 0 Å². The molecule has 2 aliphatic rings. The van der Waals surface area contributed by atoms with Crippen molar-refractivity contribution in [2.75, 3.05) is 26.2 Å². The number of hydrogen-bond acceptors (Lipinski definition) is 3. The Balaban J connectivity index is 2.01. The largest absolute Gasteiger partial charge is 0.356 e. The first-order valence-electron chi connectivity index (χ1n) is 8.71. The minimum Gasteiger partial charge on any atom is -0.356 e. The van der Waals surface area contributed by atoms with Crippen LogP contribution in [0.3, 0.4) is 0 Å². The molecule has 2 atom stereocenters. The molecule has 4 nitrogen and oxygen atoms in total. The maximum atomic E-state index is 12.1. The Morgan fingerprint density at radius 3 is 2.90 bits per heavy atom. The number of amides is 1. The summed E-state index contributed by atoms with van der Waals surface area (Å²) in [6.07, 6.45) is 12.1. The number of carbonyl (C=O) groups excluding carboxylic acids is 1. The lowest BCUT2D eigenvalue weighted by atomic mass is 9.96. The molecule has 0 saturated carbocycles. The minimum absolute atomic E-state index is 0.207. The van der Waals surface area contributed by atoms with Crippen LogP contribution in [-0.2, 0) is 4.79 Å². The van der Waals surface area contributed by atoms with Gasteiger partial charge in [0.2, 0.25) is 5.91 Å². The molecule has 0 aromatic heterocycles. The van der Waals surface area contributed by atoms with E-state index in [4.69, 9.17) is 0 Å². The molecule has 1 amide bonds. The smallest absolute Gasteiger partial charge is 0.221 e. The van der Waals surface area contributed by atoms with Gasteiger partial charge in [-0.15, -0.1) is 0 Å². The normalized spacial score (nSPS) is 29.7. The van der Waals surface area contributed by atoms with Gasteiger partial charge in [-0.1, -0.05) is 25.5 Å². The molecule has 0 aliphatic carbocycles. The predicted octanol–water partition coefficient (Wildman–Crippen LogP) is 2.07. The van der Waals surface area contributed by atoms with Gasteiger partial charge in [0, 0.05) is 31.6 Å². The summed E-state index contributed by atoms with van der Waals surface area (Å²) in [6, 6.07) is 0.902. The van der Waals surface area contributed by atoms with Crippen LogP contribution in [0, 0.1) is 0 Å². The fourth-order valence-electron chi connectivity index (χ4n) is 3.44. The molecule has 1 fully saturated rings. The Morgan fingerprint density at radius 2 is 2.05 bits per heavy atom. The molecule has 0 bridgehead atoms. The van der Waals surface area contributed by atoms with E-state index in [1.54, 1.807) is 0 Å². The highest BCUT2D eigenvalue weighted by molar-refractivity contribution is 5.76. The summed E-state index contributed by atoms with van der Waals surface area (Å²) in [5.74, 6) is 0.207. The molecule has 0 aromatic carbocycles. The maximum absolute atomic E-state index is 12.1. The van der Waals surface area contributed by atoms with Crippen molar-refractivity contribution in [2.45, 2.75) is 64.0 Å². The van der Waals surface area contributed by atoms with E-state index in [9.17, 15) is 4.79 Å². The van der Waals surface area contributed by atoms with Crippen molar-refractivity contribution in [3.63, 3.8) is 0 Å². The second-order valence-electron chi connectivity index (χ2n) is 6.28. The molecule has 1 saturated heterocycles. The Hall–Kier alpha value is -0.870. The SMILES string of the molecule is CCC[C@@H]1CC=C[C@@H]2CC(=O)NCCCCNCCCN12. The molecule has 0 unspecified atom stereocenters. The van der Waals surface area contributed by atoms with E-state index >= 15 is 0 Å². The summed E-state index contributed by atoms with van der Waals surface area (Å²) in [5, 5.41) is 6.59. The van der Waals surface area contributed by atoms with Crippen LogP contribution < -0.4 is 10.6 Å². The number of hydrogen-bond donors (Lipinski definition) is 2. The average molecular weight is 293 g/mol. The molecular formula is C17H31N3O. The maximum Gasteiger partial charge on any atom is 0.221 e. The lowest BCUT2D eigenvalue weighted by molar-refractivity contribution is -0.122. The quantitative estimate of drug-likeness (QED) is 0.766. The monoisotopic (exact) mass is 293 g/mol. The van der Waals surface area contributed by atoms with Gasteiger partial charge < -0.3 is 10.6 Å². The van der Waals surface area contributed by atoms with Gasteiger partial charge in [0.05, 0.1) is 0 Å². The second-order valence-corrected chi connectivity index (χ2v) is 6.28. The van der Waals surface area contributed by atoms with Crippen LogP contribution in [-0.4, -0.2) is 49.1 Å². The van der Waals surface area contributed by atoms with E-state index in [1.165, 1.54) is 19.3 Å². The fraction of sp³-hybridized carbons (Fsp3) is 0.824. The first-order valence-corrected chi connectivity index (χ1v) is 8.71. The zero-order chi connectivity index (χ0) is 14.9. The molecule has 4 heteroatoms. The Labute approximate surface area is 129 Å². The summed E-state index contributed by atoms with van der Waals surface area (Å²) >= 11 is 0. The molecule has 0 aromatic rings. The third kappa shape index (κ3) is 5.44. The zero-order valence-electron chi connectivity index (χ0n) is 13.4. The lowest BCUT2D eigenvalue weighted by Crippen LogP contribution is -2.47. The van der Waals surface area contributed by atoms with Gasteiger partial charge in [0.1, 0.15) is 0 Å². The van der Waals surface area contributed by atoms with Crippen molar-refractivity contribution in [3.05, 3.63) is 12.2 Å². The molecule has 0 spiro atoms. The van der Waals surface area contributed by atoms with Gasteiger partial charge in [0.25, 0.3) is 0 Å². The van der Waals surface area contributed by atoms with Crippen LogP contribution >= 0.6 is 0 Å². The van der Waals surface area contributed by atoms with Crippen LogP contribution in [0.5, 0.6) is 0 Å². The Morgan fingerprint density at radius 1 is 1.24 bits per heavy atom. The van der Waals surface area contributed by atoms with E-state index in [0.29, 0.717) is 12.5 Å². The highest BCUT2D eigenvalue weighted by atomic mass is 16.1. The molecule has 2 aliphatic heterocycles. The highest BCUT2D eigenvalue weighted by Gasteiger charge is 2.27. The first-order chi connectivity index (χ1) is 10.3. The number of nitrogens with zero attached hydrogens (tertiary/aromatic N) is 1. The third-order valence-corrected chi connectivity index (χ3v) is 4.55. The van der Waals surface area contributed by atoms with Crippen molar-refractivity contribution in [3.8, 4) is 0 Å². The second kappa shape index (κ2) is 9.21. The van der Waals surface area contributed by atoms with Crippen LogP contribution in [0.4, 0.5) is 0 Å². The first kappa shape index (κ1) is 16.5. The predicted molar refractivity (Wildman–Crippen MR) is 87.3 cm³/mol. The van der Waals surface area contributed by atoms with Crippen LogP contribution in [0.2, 0.25) is 0 Å². The van der Waals surface area contributed by atoms with Crippen LogP contribution in [0.1, 0.15) is 51.9 Å². The van der Waals surface area contributed by atoms with Crippen molar-refractivity contribution < 1.29 is 4.79 Å². The Bertz CT molecular complexity index is 343. The van der Waals surface area contributed by atoms with Gasteiger partial charge in [-0.2, -0.15) is 0 Å². The van der Waals surface area contributed by atoms with Crippen molar-refractivity contribution >= 4 is 5.91 Å². The standard InChI is InChI=1S/C17H31N3O/c1-2-7-15-8-5-9-16-14-17(21)19-12-4-3-10-18-11-6-13-20(15)16/h5,9,15-16,18H,2-4,6-8,10-14H2,1H3,(H,19,21)/t15-,16-/m1/s1. The third-order valence-electron chi connectivity index (χ3n) is 4.55. The van der Waals surface area contributed by atoms with Gasteiger partial charge in [-0.05, 0) is 45.2 Å². The van der Waals surface area contributed by atoms with E-state index in [0.717, 1.165) is 45.4 Å². The van der Waals surface area contributed by atoms with E-state index in [1.807, 2.05) is 0 Å². The molecule has 2 heterocycles. The minimum atomic E-state index is 0.207. The number of fused-ring (bicyclic) bond motifs is 1. The number of nitrogens with one attached hydrogen (secondary N) is 2. The highest BCUT2D eigenvalue weighted by Crippen LogP contribution is 2.23. The van der Waals surface area contributed by atoms with Crippen LogP contribution in [0.15, 0.2) is 12.2 Å². The molecule has 120 valence electrons. The van der Waals surface area contributed by atoms with Crippen LogP contribution in [0.25, 0.3) is 0 Å². The van der Waals surface area contributed by atoms with Crippen molar-refractivity contribution in [1.82, 2.24) is 15.5 Å². The fourth-order valence-corrected chi connectivity index (χ4v) is 3.44. The zero-order valence-corrected chi connectivity index (χ0v) is 13.4. The van der Waals surface area contributed by atoms with Gasteiger partial charge in [-0.3, -0.25) is 9.69 Å². The summed E-state index contributed by atoms with van der Waals surface area (Å²) in [4.78, 5) is 14.7. The summed E-state index contributed by atoms with van der Waals surface area (Å²) in [5.41, 5.74) is 0. The van der Waals surface area contributed by atoms with Gasteiger partial charge in [-0.25, -0.2) is 0 Å². The summed E-state index contributed by atoms with van der Waals surface area (Å²) in [6.45, 7) is 6.32. The van der Waals surface area contributed by atoms with E-state index in [-0.39, 0.29) is 11.9 Å². The Kier molecular flexibility index (Phi) is 7.24.